The second-order valence-electron chi connectivity index (χ2n) is 5.68. The van der Waals surface area contributed by atoms with Gasteiger partial charge >= 0.3 is 0 Å². The largest absolute Gasteiger partial charge is 0.391 e. The van der Waals surface area contributed by atoms with Crippen LogP contribution >= 0.6 is 0 Å². The summed E-state index contributed by atoms with van der Waals surface area (Å²) in [6.07, 6.45) is 1.85. The van der Waals surface area contributed by atoms with Gasteiger partial charge < -0.3 is 10.8 Å². The highest BCUT2D eigenvalue weighted by Gasteiger charge is 2.16. The van der Waals surface area contributed by atoms with Gasteiger partial charge in [-0.25, -0.2) is 0 Å². The molecule has 0 heterocycles. The third kappa shape index (κ3) is 9.74. The van der Waals surface area contributed by atoms with Crippen LogP contribution in [0.2, 0.25) is 0 Å². The van der Waals surface area contributed by atoms with Crippen molar-refractivity contribution < 1.29 is 9.32 Å². The van der Waals surface area contributed by atoms with Crippen molar-refractivity contribution in [3.8, 4) is 0 Å². The minimum atomic E-state index is -0.806. The third-order valence-electron chi connectivity index (χ3n) is 2.80. The summed E-state index contributed by atoms with van der Waals surface area (Å²) in [5, 5.41) is 9.83. The van der Waals surface area contributed by atoms with Crippen molar-refractivity contribution in [1.29, 1.82) is 0 Å². The second kappa shape index (κ2) is 9.06. The standard InChI is InChI=1S/C13H29NO2S/c1-10(2)5-7-17(16)8-6-13(15)12(14)9-11(3)4/h10-13,15H,5-9,14H2,1-4H3/t12-,13-,17?/m0/s1. The van der Waals surface area contributed by atoms with Gasteiger partial charge in [-0.1, -0.05) is 27.7 Å². The van der Waals surface area contributed by atoms with Crippen molar-refractivity contribution in [1.82, 2.24) is 0 Å². The first-order chi connectivity index (χ1) is 7.82. The molecule has 0 aromatic carbocycles. The number of hydrogen-bond acceptors (Lipinski definition) is 3. The van der Waals surface area contributed by atoms with E-state index >= 15 is 0 Å². The minimum absolute atomic E-state index is 0.183. The summed E-state index contributed by atoms with van der Waals surface area (Å²) >= 11 is 0. The van der Waals surface area contributed by atoms with E-state index < -0.39 is 16.9 Å². The van der Waals surface area contributed by atoms with E-state index in [2.05, 4.69) is 27.7 Å². The van der Waals surface area contributed by atoms with E-state index in [9.17, 15) is 9.32 Å². The van der Waals surface area contributed by atoms with Crippen LogP contribution in [0, 0.1) is 11.8 Å². The van der Waals surface area contributed by atoms with Gasteiger partial charge in [0.2, 0.25) is 0 Å². The van der Waals surface area contributed by atoms with Crippen LogP contribution in [-0.2, 0) is 10.8 Å². The Balaban J connectivity index is 3.75. The molecule has 0 aliphatic rings. The monoisotopic (exact) mass is 263 g/mol. The number of aliphatic hydroxyl groups is 1. The molecule has 0 bridgehead atoms. The number of aliphatic hydroxyl groups excluding tert-OH is 1. The van der Waals surface area contributed by atoms with Gasteiger partial charge in [-0.15, -0.1) is 0 Å². The van der Waals surface area contributed by atoms with Gasteiger partial charge in [-0.2, -0.15) is 0 Å². The molecule has 0 saturated carbocycles. The summed E-state index contributed by atoms with van der Waals surface area (Å²) in [5.41, 5.74) is 5.88. The van der Waals surface area contributed by atoms with Gasteiger partial charge in [-0.05, 0) is 31.1 Å². The molecule has 0 rings (SSSR count). The molecule has 3 atom stereocenters. The summed E-state index contributed by atoms with van der Waals surface area (Å²) < 4.78 is 11.7. The third-order valence-corrected chi connectivity index (χ3v) is 4.18. The molecule has 3 N–H and O–H groups in total. The minimum Gasteiger partial charge on any atom is -0.391 e. The van der Waals surface area contributed by atoms with Crippen molar-refractivity contribution >= 4 is 10.8 Å². The highest BCUT2D eigenvalue weighted by molar-refractivity contribution is 7.84. The summed E-state index contributed by atoms with van der Waals surface area (Å²) in [4.78, 5) is 0. The van der Waals surface area contributed by atoms with E-state index in [1.54, 1.807) is 0 Å². The Hall–Kier alpha value is 0.0700. The first-order valence-corrected chi connectivity index (χ1v) is 8.10. The molecule has 104 valence electrons. The van der Waals surface area contributed by atoms with E-state index in [0.29, 0.717) is 24.0 Å². The highest BCUT2D eigenvalue weighted by Crippen LogP contribution is 2.09. The molecule has 3 nitrogen and oxygen atoms in total. The quantitative estimate of drug-likeness (QED) is 0.668. The summed E-state index contributed by atoms with van der Waals surface area (Å²) in [7, 11) is -0.806. The Kier molecular flexibility index (Phi) is 9.10. The van der Waals surface area contributed by atoms with Crippen molar-refractivity contribution in [2.75, 3.05) is 11.5 Å². The SMILES string of the molecule is CC(C)CCS(=O)CC[C@H](O)[C@@H](N)CC(C)C. The van der Waals surface area contributed by atoms with Crippen molar-refractivity contribution in [2.24, 2.45) is 17.6 Å². The first-order valence-electron chi connectivity index (χ1n) is 6.61. The average molecular weight is 263 g/mol. The van der Waals surface area contributed by atoms with Crippen LogP contribution in [0.15, 0.2) is 0 Å². The van der Waals surface area contributed by atoms with Crippen LogP contribution in [0.4, 0.5) is 0 Å². The molecule has 17 heavy (non-hydrogen) atoms. The molecule has 0 radical (unpaired) electrons. The summed E-state index contributed by atoms with van der Waals surface area (Å²) in [6.45, 7) is 8.44. The Morgan fingerprint density at radius 1 is 1.06 bits per heavy atom. The molecular formula is C13H29NO2S. The van der Waals surface area contributed by atoms with Crippen LogP contribution in [0.5, 0.6) is 0 Å². The van der Waals surface area contributed by atoms with Crippen LogP contribution in [-0.4, -0.2) is 33.0 Å². The van der Waals surface area contributed by atoms with Gasteiger partial charge in [0.1, 0.15) is 0 Å². The lowest BCUT2D eigenvalue weighted by molar-refractivity contribution is 0.131. The lowest BCUT2D eigenvalue weighted by Crippen LogP contribution is -2.36. The number of hydrogen-bond donors (Lipinski definition) is 2. The van der Waals surface area contributed by atoms with E-state index in [-0.39, 0.29) is 6.04 Å². The van der Waals surface area contributed by atoms with Gasteiger partial charge in [0.05, 0.1) is 6.10 Å². The van der Waals surface area contributed by atoms with Gasteiger partial charge in [0.25, 0.3) is 0 Å². The maximum absolute atomic E-state index is 11.7. The van der Waals surface area contributed by atoms with Crippen molar-refractivity contribution in [3.05, 3.63) is 0 Å². The fourth-order valence-corrected chi connectivity index (χ4v) is 3.08. The molecule has 0 aliphatic heterocycles. The molecule has 0 saturated heterocycles. The van der Waals surface area contributed by atoms with E-state index in [1.165, 1.54) is 0 Å². The fraction of sp³-hybridized carbons (Fsp3) is 1.00. The molecule has 4 heteroatoms. The van der Waals surface area contributed by atoms with E-state index in [0.717, 1.165) is 18.6 Å². The Bertz CT molecular complexity index is 219. The summed E-state index contributed by atoms with van der Waals surface area (Å²) in [6, 6.07) is -0.183. The molecule has 0 aliphatic carbocycles. The van der Waals surface area contributed by atoms with E-state index in [4.69, 9.17) is 5.73 Å². The second-order valence-corrected chi connectivity index (χ2v) is 7.38. The highest BCUT2D eigenvalue weighted by atomic mass is 32.2. The predicted molar refractivity (Wildman–Crippen MR) is 75.4 cm³/mol. The normalized spacial score (nSPS) is 17.4. The molecule has 0 spiro atoms. The summed E-state index contributed by atoms with van der Waals surface area (Å²) in [5.74, 6) is 2.39. The van der Waals surface area contributed by atoms with Crippen LogP contribution in [0.25, 0.3) is 0 Å². The van der Waals surface area contributed by atoms with Crippen molar-refractivity contribution in [2.45, 2.75) is 59.1 Å². The van der Waals surface area contributed by atoms with E-state index in [1.807, 2.05) is 0 Å². The average Bonchev–Trinajstić information content (AvgIpc) is 2.21. The zero-order valence-electron chi connectivity index (χ0n) is 11.7. The maximum Gasteiger partial charge on any atom is 0.0699 e. The number of nitrogens with two attached hydrogens (primary N) is 1. The molecule has 1 unspecified atom stereocenters. The lowest BCUT2D eigenvalue weighted by Gasteiger charge is -2.20. The van der Waals surface area contributed by atoms with Crippen LogP contribution in [0.3, 0.4) is 0 Å². The molecule has 0 fully saturated rings. The van der Waals surface area contributed by atoms with Crippen molar-refractivity contribution in [3.63, 3.8) is 0 Å². The van der Waals surface area contributed by atoms with Gasteiger partial charge in [-0.3, -0.25) is 4.21 Å². The zero-order valence-corrected chi connectivity index (χ0v) is 12.5. The molecule has 0 aromatic rings. The predicted octanol–water partition coefficient (Wildman–Crippen LogP) is 1.91. The topological polar surface area (TPSA) is 63.3 Å². The maximum atomic E-state index is 11.7. The van der Waals surface area contributed by atoms with Crippen LogP contribution < -0.4 is 5.73 Å². The lowest BCUT2D eigenvalue weighted by atomic mass is 9.99. The Morgan fingerprint density at radius 2 is 1.59 bits per heavy atom. The Labute approximate surface area is 109 Å². The number of rotatable bonds is 9. The van der Waals surface area contributed by atoms with Crippen LogP contribution in [0.1, 0.15) is 47.0 Å². The van der Waals surface area contributed by atoms with Gasteiger partial charge in [0.15, 0.2) is 0 Å². The van der Waals surface area contributed by atoms with Gasteiger partial charge in [0, 0.05) is 28.3 Å². The molecule has 0 aromatic heterocycles. The Morgan fingerprint density at radius 3 is 2.06 bits per heavy atom. The zero-order chi connectivity index (χ0) is 13.4. The first kappa shape index (κ1) is 17.1. The smallest absolute Gasteiger partial charge is 0.0699 e. The fourth-order valence-electron chi connectivity index (χ4n) is 1.64. The molecular weight excluding hydrogens is 234 g/mol. The molecule has 0 amide bonds.